The maximum absolute atomic E-state index is 12.2. The summed E-state index contributed by atoms with van der Waals surface area (Å²) in [5.41, 5.74) is -1.81. The van der Waals surface area contributed by atoms with Gasteiger partial charge in [-0.15, -0.1) is 0 Å². The predicted octanol–water partition coefficient (Wildman–Crippen LogP) is 1.34. The van der Waals surface area contributed by atoms with Gasteiger partial charge in [-0.1, -0.05) is 44.2 Å². The molecule has 2 atom stereocenters. The number of hydrogen-bond donors (Lipinski definition) is 3. The third kappa shape index (κ3) is 5.07. The van der Waals surface area contributed by atoms with Gasteiger partial charge in [-0.25, -0.2) is 9.59 Å². The van der Waals surface area contributed by atoms with E-state index in [1.54, 1.807) is 38.1 Å². The van der Waals surface area contributed by atoms with Crippen LogP contribution in [0.1, 0.15) is 26.3 Å². The molecule has 0 aliphatic rings. The summed E-state index contributed by atoms with van der Waals surface area (Å²) in [5, 5.41) is 21.0. The van der Waals surface area contributed by atoms with Crippen molar-refractivity contribution in [2.24, 2.45) is 5.92 Å². The molecule has 0 spiro atoms. The average Bonchev–Trinajstić information content (AvgIpc) is 2.50. The van der Waals surface area contributed by atoms with Gasteiger partial charge in [-0.2, -0.15) is 0 Å². The van der Waals surface area contributed by atoms with Gasteiger partial charge < -0.3 is 20.3 Å². The molecule has 1 amide bonds. The Bertz CT molecular complexity index is 567. The molecule has 0 saturated carbocycles. The molecule has 0 radical (unpaired) electrons. The second-order valence-corrected chi connectivity index (χ2v) is 5.67. The Kier molecular flexibility index (Phi) is 6.27. The lowest BCUT2D eigenvalue weighted by Crippen LogP contribution is -2.56. The van der Waals surface area contributed by atoms with E-state index in [1.807, 2.05) is 6.07 Å². The predicted molar refractivity (Wildman–Crippen MR) is 81.7 cm³/mol. The van der Waals surface area contributed by atoms with E-state index in [2.05, 4.69) is 5.32 Å². The number of rotatable bonds is 7. The first-order valence-electron chi connectivity index (χ1n) is 7.13. The smallest absolute Gasteiger partial charge is 0.408 e. The fraction of sp³-hybridized carbons (Fsp3) is 0.438. The number of carbonyl (C=O) groups is 3. The number of amides is 1. The van der Waals surface area contributed by atoms with E-state index in [4.69, 9.17) is 9.84 Å². The van der Waals surface area contributed by atoms with Crippen molar-refractivity contribution < 1.29 is 29.3 Å². The van der Waals surface area contributed by atoms with Gasteiger partial charge in [0.1, 0.15) is 6.61 Å². The molecule has 1 aromatic rings. The molecule has 0 aliphatic carbocycles. The number of Topliss-reactive ketones (excluding diaryl/α,β-unsaturated/α-hetero) is 1. The van der Waals surface area contributed by atoms with E-state index >= 15 is 0 Å². The highest BCUT2D eigenvalue weighted by atomic mass is 16.5. The summed E-state index contributed by atoms with van der Waals surface area (Å²) in [6.45, 7) is 4.14. The maximum atomic E-state index is 12.2. The molecule has 0 saturated heterocycles. The monoisotopic (exact) mass is 323 g/mol. The van der Waals surface area contributed by atoms with Crippen LogP contribution in [0.2, 0.25) is 0 Å². The van der Waals surface area contributed by atoms with Crippen molar-refractivity contribution in [2.75, 3.05) is 0 Å². The quantitative estimate of drug-likeness (QED) is 0.653. The molecule has 3 N–H and O–H groups in total. The van der Waals surface area contributed by atoms with Crippen molar-refractivity contribution in [2.45, 2.75) is 39.0 Å². The number of carbonyl (C=O) groups excluding carboxylic acids is 2. The van der Waals surface area contributed by atoms with E-state index < -0.39 is 35.4 Å². The van der Waals surface area contributed by atoms with Gasteiger partial charge in [-0.05, 0) is 18.4 Å². The first-order valence-corrected chi connectivity index (χ1v) is 7.13. The van der Waals surface area contributed by atoms with Gasteiger partial charge in [-0.3, -0.25) is 4.79 Å². The van der Waals surface area contributed by atoms with Gasteiger partial charge in [0.2, 0.25) is 5.60 Å². The number of alkyl carbamates (subject to hydrolysis) is 1. The van der Waals surface area contributed by atoms with Crippen LogP contribution in [-0.2, 0) is 20.9 Å². The first kappa shape index (κ1) is 18.6. The summed E-state index contributed by atoms with van der Waals surface area (Å²) in [4.78, 5) is 34.9. The SMILES string of the molecule is CC(C)[C@@H](NC(=O)OCc1ccccc1)C(=O)[C@@](C)(O)C(=O)O. The summed E-state index contributed by atoms with van der Waals surface area (Å²) in [6.07, 6.45) is -0.859. The number of nitrogens with one attached hydrogen (secondary N) is 1. The van der Waals surface area contributed by atoms with Crippen LogP contribution < -0.4 is 5.32 Å². The van der Waals surface area contributed by atoms with Gasteiger partial charge in [0.25, 0.3) is 0 Å². The van der Waals surface area contributed by atoms with Crippen LogP contribution in [0.3, 0.4) is 0 Å². The standard InChI is InChI=1S/C16H21NO6/c1-10(2)12(13(18)16(3,22)14(19)20)17-15(21)23-9-11-7-5-4-6-8-11/h4-8,10,12,22H,9H2,1-3H3,(H,17,21)(H,19,20)/t12-,16-/m1/s1. The highest BCUT2D eigenvalue weighted by Crippen LogP contribution is 2.14. The third-order valence-corrected chi connectivity index (χ3v) is 3.33. The van der Waals surface area contributed by atoms with Gasteiger partial charge in [0.15, 0.2) is 5.78 Å². The molecule has 0 aliphatic heterocycles. The molecule has 0 unspecified atom stereocenters. The largest absolute Gasteiger partial charge is 0.479 e. The van der Waals surface area contributed by atoms with Crippen molar-refractivity contribution in [3.63, 3.8) is 0 Å². The van der Waals surface area contributed by atoms with E-state index in [9.17, 15) is 19.5 Å². The highest BCUT2D eigenvalue weighted by molar-refractivity contribution is 6.08. The first-order chi connectivity index (χ1) is 10.7. The minimum Gasteiger partial charge on any atom is -0.479 e. The molecule has 23 heavy (non-hydrogen) atoms. The lowest BCUT2D eigenvalue weighted by Gasteiger charge is -2.26. The van der Waals surface area contributed by atoms with Crippen molar-refractivity contribution in [1.82, 2.24) is 5.32 Å². The molecule has 1 rings (SSSR count). The average molecular weight is 323 g/mol. The van der Waals surface area contributed by atoms with E-state index in [1.165, 1.54) is 0 Å². The molecule has 7 nitrogen and oxygen atoms in total. The molecule has 0 aromatic heterocycles. The molecular weight excluding hydrogens is 302 g/mol. The van der Waals surface area contributed by atoms with Gasteiger partial charge in [0.05, 0.1) is 6.04 Å². The minimum atomic E-state index is -2.58. The number of aliphatic hydroxyl groups is 1. The number of hydrogen-bond acceptors (Lipinski definition) is 5. The lowest BCUT2D eigenvalue weighted by atomic mass is 9.89. The fourth-order valence-electron chi connectivity index (χ4n) is 1.83. The number of ketones is 1. The van der Waals surface area contributed by atoms with Crippen LogP contribution >= 0.6 is 0 Å². The molecule has 0 heterocycles. The zero-order chi connectivity index (χ0) is 17.6. The number of carboxylic acids is 1. The van der Waals surface area contributed by atoms with Crippen LogP contribution in [0, 0.1) is 5.92 Å². The van der Waals surface area contributed by atoms with Crippen molar-refractivity contribution in [1.29, 1.82) is 0 Å². The highest BCUT2D eigenvalue weighted by Gasteiger charge is 2.44. The third-order valence-electron chi connectivity index (χ3n) is 3.33. The Balaban J connectivity index is 2.71. The Hall–Kier alpha value is -2.41. The van der Waals surface area contributed by atoms with Crippen molar-refractivity contribution in [3.8, 4) is 0 Å². The molecule has 0 fully saturated rings. The maximum Gasteiger partial charge on any atom is 0.408 e. The van der Waals surface area contributed by atoms with Gasteiger partial charge in [0, 0.05) is 0 Å². The number of aliphatic carboxylic acids is 1. The van der Waals surface area contributed by atoms with Crippen LogP contribution in [0.15, 0.2) is 30.3 Å². The summed E-state index contributed by atoms with van der Waals surface area (Å²) in [6, 6.07) is 7.78. The molecule has 1 aromatic carbocycles. The Morgan fingerprint density at radius 3 is 2.26 bits per heavy atom. The van der Waals surface area contributed by atoms with E-state index in [0.29, 0.717) is 0 Å². The molecular formula is C16H21NO6. The number of carboxylic acid groups (broad SMARTS) is 1. The second-order valence-electron chi connectivity index (χ2n) is 5.67. The summed E-state index contributed by atoms with van der Waals surface area (Å²) < 4.78 is 5.00. The minimum absolute atomic E-state index is 0.0149. The Labute approximate surface area is 134 Å². The Morgan fingerprint density at radius 2 is 1.78 bits per heavy atom. The summed E-state index contributed by atoms with van der Waals surface area (Å²) in [5.74, 6) is -3.10. The fourth-order valence-corrected chi connectivity index (χ4v) is 1.83. The van der Waals surface area contributed by atoms with Crippen molar-refractivity contribution >= 4 is 17.8 Å². The topological polar surface area (TPSA) is 113 Å². The van der Waals surface area contributed by atoms with Crippen LogP contribution in [0.5, 0.6) is 0 Å². The van der Waals surface area contributed by atoms with Gasteiger partial charge >= 0.3 is 12.1 Å². The second kappa shape index (κ2) is 7.73. The van der Waals surface area contributed by atoms with Crippen LogP contribution in [0.4, 0.5) is 4.79 Å². The lowest BCUT2D eigenvalue weighted by molar-refractivity contribution is -0.164. The van der Waals surface area contributed by atoms with E-state index in [0.717, 1.165) is 12.5 Å². The molecule has 0 bridgehead atoms. The normalized spacial score (nSPS) is 14.7. The molecule has 126 valence electrons. The van der Waals surface area contributed by atoms with Crippen LogP contribution in [0.25, 0.3) is 0 Å². The van der Waals surface area contributed by atoms with E-state index in [-0.39, 0.29) is 6.61 Å². The molecule has 7 heteroatoms. The Morgan fingerprint density at radius 1 is 1.22 bits per heavy atom. The van der Waals surface area contributed by atoms with Crippen LogP contribution in [-0.4, -0.2) is 39.7 Å². The summed E-state index contributed by atoms with van der Waals surface area (Å²) in [7, 11) is 0. The number of ether oxygens (including phenoxy) is 1. The zero-order valence-corrected chi connectivity index (χ0v) is 13.3. The number of benzene rings is 1. The summed E-state index contributed by atoms with van der Waals surface area (Å²) >= 11 is 0. The zero-order valence-electron chi connectivity index (χ0n) is 13.3. The van der Waals surface area contributed by atoms with Crippen molar-refractivity contribution in [3.05, 3.63) is 35.9 Å².